The first-order chi connectivity index (χ1) is 13.7. The molecule has 0 N–H and O–H groups in total. The Labute approximate surface area is 173 Å². The largest absolute Gasteiger partial charge is 0.496 e. The van der Waals surface area contributed by atoms with E-state index in [1.54, 1.807) is 24.7 Å². The molecule has 0 spiro atoms. The second-order valence-corrected chi connectivity index (χ2v) is 7.46. The van der Waals surface area contributed by atoms with E-state index in [0.29, 0.717) is 10.2 Å². The highest BCUT2D eigenvalue weighted by atomic mass is 35.5. The Hall–Kier alpha value is -2.95. The number of methoxy groups -OCH3 is 1. The van der Waals surface area contributed by atoms with Crippen LogP contribution >= 0.6 is 22.9 Å². The van der Waals surface area contributed by atoms with Gasteiger partial charge in [-0.2, -0.15) is 0 Å². The normalized spacial score (nSPS) is 11.1. The maximum atomic E-state index is 6.05. The molecule has 0 aliphatic heterocycles. The van der Waals surface area contributed by atoms with Crippen LogP contribution in [0.25, 0.3) is 21.7 Å². The third kappa shape index (κ3) is 3.98. The van der Waals surface area contributed by atoms with Crippen molar-refractivity contribution in [3.63, 3.8) is 0 Å². The maximum Gasteiger partial charge on any atom is 0.210 e. The van der Waals surface area contributed by atoms with Crippen molar-refractivity contribution in [1.29, 1.82) is 0 Å². The zero-order valence-electron chi connectivity index (χ0n) is 15.2. The van der Waals surface area contributed by atoms with Crippen molar-refractivity contribution in [2.24, 2.45) is 4.99 Å². The monoisotopic (exact) mass is 404 g/mol. The minimum atomic E-state index is 0.690. The van der Waals surface area contributed by atoms with Crippen molar-refractivity contribution in [3.05, 3.63) is 89.4 Å². The molecule has 138 valence electrons. The van der Waals surface area contributed by atoms with Crippen LogP contribution in [0.4, 0.5) is 5.13 Å². The minimum Gasteiger partial charge on any atom is -0.496 e. The summed E-state index contributed by atoms with van der Waals surface area (Å²) < 4.78 is 5.39. The van der Waals surface area contributed by atoms with Crippen molar-refractivity contribution < 1.29 is 4.74 Å². The van der Waals surface area contributed by atoms with Gasteiger partial charge in [-0.1, -0.05) is 77.5 Å². The third-order valence-corrected chi connectivity index (χ3v) is 5.49. The van der Waals surface area contributed by atoms with Crippen LogP contribution in [0.5, 0.6) is 5.75 Å². The van der Waals surface area contributed by atoms with E-state index >= 15 is 0 Å². The minimum absolute atomic E-state index is 0.690. The summed E-state index contributed by atoms with van der Waals surface area (Å²) in [5, 5.41) is 1.39. The molecule has 0 unspecified atom stereocenters. The molecule has 1 heterocycles. The summed E-state index contributed by atoms with van der Waals surface area (Å²) in [5.41, 5.74) is 3.94. The van der Waals surface area contributed by atoms with Gasteiger partial charge < -0.3 is 4.74 Å². The molecule has 4 rings (SSSR count). The highest BCUT2D eigenvalue weighted by Crippen LogP contribution is 2.40. The topological polar surface area (TPSA) is 34.5 Å². The molecule has 0 saturated heterocycles. The standard InChI is InChI=1S/C23H17ClN2OS/c1-27-20-10-6-5-9-18(20)15-25-23-26-21(16-11-13-19(24)14-12-16)22(28-23)17-7-3-2-4-8-17/h2-15H,1H3. The summed E-state index contributed by atoms with van der Waals surface area (Å²) in [7, 11) is 1.65. The fourth-order valence-corrected chi connectivity index (χ4v) is 3.92. The predicted octanol–water partition coefficient (Wildman–Crippen LogP) is 6.89. The highest BCUT2D eigenvalue weighted by Gasteiger charge is 2.14. The molecule has 0 aliphatic carbocycles. The van der Waals surface area contributed by atoms with E-state index in [0.717, 1.165) is 33.0 Å². The van der Waals surface area contributed by atoms with Gasteiger partial charge in [0.05, 0.1) is 17.7 Å². The van der Waals surface area contributed by atoms with Gasteiger partial charge in [0.25, 0.3) is 0 Å². The van der Waals surface area contributed by atoms with E-state index < -0.39 is 0 Å². The Morgan fingerprint density at radius 3 is 2.36 bits per heavy atom. The molecular formula is C23H17ClN2OS. The van der Waals surface area contributed by atoms with Crippen LogP contribution in [-0.2, 0) is 0 Å². The molecule has 4 aromatic rings. The van der Waals surface area contributed by atoms with Gasteiger partial charge in [0, 0.05) is 22.4 Å². The Balaban J connectivity index is 1.77. The number of rotatable bonds is 5. The zero-order valence-corrected chi connectivity index (χ0v) is 16.7. The number of benzene rings is 3. The molecule has 5 heteroatoms. The van der Waals surface area contributed by atoms with Crippen LogP contribution in [0.1, 0.15) is 5.56 Å². The third-order valence-electron chi connectivity index (χ3n) is 4.22. The van der Waals surface area contributed by atoms with E-state index in [4.69, 9.17) is 21.3 Å². The lowest BCUT2D eigenvalue weighted by Crippen LogP contribution is -1.89. The van der Waals surface area contributed by atoms with E-state index in [-0.39, 0.29) is 0 Å². The SMILES string of the molecule is COc1ccccc1C=Nc1nc(-c2ccc(Cl)cc2)c(-c2ccccc2)s1. The number of para-hydroxylation sites is 1. The highest BCUT2D eigenvalue weighted by molar-refractivity contribution is 7.19. The van der Waals surface area contributed by atoms with Crippen molar-refractivity contribution in [2.75, 3.05) is 7.11 Å². The van der Waals surface area contributed by atoms with Gasteiger partial charge in [0.15, 0.2) is 0 Å². The average molecular weight is 405 g/mol. The number of halogens is 1. The number of thiazole rings is 1. The summed E-state index contributed by atoms with van der Waals surface area (Å²) in [5.74, 6) is 0.781. The number of hydrogen-bond donors (Lipinski definition) is 0. The number of hydrogen-bond acceptors (Lipinski definition) is 4. The number of aliphatic imine (C=N–C) groups is 1. The van der Waals surface area contributed by atoms with Crippen molar-refractivity contribution >= 4 is 34.3 Å². The molecule has 0 bridgehead atoms. The van der Waals surface area contributed by atoms with Gasteiger partial charge in [-0.3, -0.25) is 0 Å². The summed E-state index contributed by atoms with van der Waals surface area (Å²) in [6.07, 6.45) is 1.79. The predicted molar refractivity (Wildman–Crippen MR) is 118 cm³/mol. The first-order valence-electron chi connectivity index (χ1n) is 8.74. The molecule has 3 nitrogen and oxygen atoms in total. The molecule has 28 heavy (non-hydrogen) atoms. The molecule has 0 aliphatic rings. The number of ether oxygens (including phenoxy) is 1. The smallest absolute Gasteiger partial charge is 0.210 e. The summed E-state index contributed by atoms with van der Waals surface area (Å²) in [6.45, 7) is 0. The van der Waals surface area contributed by atoms with Crippen LogP contribution in [0, 0.1) is 0 Å². The van der Waals surface area contributed by atoms with Gasteiger partial charge in [-0.25, -0.2) is 9.98 Å². The fourth-order valence-electron chi connectivity index (χ4n) is 2.85. The second kappa shape index (κ2) is 8.38. The van der Waals surface area contributed by atoms with Gasteiger partial charge in [-0.15, -0.1) is 0 Å². The van der Waals surface area contributed by atoms with E-state index in [9.17, 15) is 0 Å². The molecule has 0 radical (unpaired) electrons. The van der Waals surface area contributed by atoms with Crippen LogP contribution in [0.3, 0.4) is 0 Å². The number of aromatic nitrogens is 1. The Bertz CT molecular complexity index is 1110. The van der Waals surface area contributed by atoms with Crippen molar-refractivity contribution in [3.8, 4) is 27.4 Å². The van der Waals surface area contributed by atoms with Crippen LogP contribution in [0.2, 0.25) is 5.02 Å². The summed E-state index contributed by atoms with van der Waals surface area (Å²) >= 11 is 7.62. The molecule has 0 fully saturated rings. The van der Waals surface area contributed by atoms with Gasteiger partial charge >= 0.3 is 0 Å². The maximum absolute atomic E-state index is 6.05. The average Bonchev–Trinajstić information content (AvgIpc) is 3.18. The fraction of sp³-hybridized carbons (Fsp3) is 0.0435. The molecule has 1 aromatic heterocycles. The summed E-state index contributed by atoms with van der Waals surface area (Å²) in [6, 6.07) is 25.7. The van der Waals surface area contributed by atoms with Crippen LogP contribution in [0.15, 0.2) is 83.9 Å². The van der Waals surface area contributed by atoms with Gasteiger partial charge in [0.1, 0.15) is 5.75 Å². The summed E-state index contributed by atoms with van der Waals surface area (Å²) in [4.78, 5) is 10.5. The Morgan fingerprint density at radius 1 is 0.893 bits per heavy atom. The number of nitrogens with zero attached hydrogens (tertiary/aromatic N) is 2. The quantitative estimate of drug-likeness (QED) is 0.339. The molecule has 0 saturated carbocycles. The molecule has 0 atom stereocenters. The van der Waals surface area contributed by atoms with Gasteiger partial charge in [0.2, 0.25) is 5.13 Å². The first-order valence-corrected chi connectivity index (χ1v) is 9.93. The Kier molecular flexibility index (Phi) is 5.51. The molecule has 3 aromatic carbocycles. The van der Waals surface area contributed by atoms with E-state index in [1.807, 2.05) is 66.7 Å². The lowest BCUT2D eigenvalue weighted by atomic mass is 10.1. The van der Waals surface area contributed by atoms with Crippen molar-refractivity contribution in [1.82, 2.24) is 4.98 Å². The zero-order chi connectivity index (χ0) is 19.3. The van der Waals surface area contributed by atoms with E-state index in [2.05, 4.69) is 17.1 Å². The van der Waals surface area contributed by atoms with E-state index in [1.165, 1.54) is 0 Å². The lowest BCUT2D eigenvalue weighted by molar-refractivity contribution is 0.414. The van der Waals surface area contributed by atoms with Gasteiger partial charge in [-0.05, 0) is 29.8 Å². The molecular weight excluding hydrogens is 388 g/mol. The first kappa shape index (κ1) is 18.4. The molecule has 0 amide bonds. The van der Waals surface area contributed by atoms with Crippen molar-refractivity contribution in [2.45, 2.75) is 0 Å². The second-order valence-electron chi connectivity index (χ2n) is 6.05. The van der Waals surface area contributed by atoms with Crippen LogP contribution < -0.4 is 4.74 Å². The Morgan fingerprint density at radius 2 is 1.61 bits per heavy atom. The van der Waals surface area contributed by atoms with Crippen LogP contribution in [-0.4, -0.2) is 18.3 Å². The lowest BCUT2D eigenvalue weighted by Gasteiger charge is -2.02.